The molecule has 4 rings (SSSR count). The highest BCUT2D eigenvalue weighted by atomic mass is 14.2. The first kappa shape index (κ1) is 7.47. The van der Waals surface area contributed by atoms with Gasteiger partial charge < -0.3 is 0 Å². The van der Waals surface area contributed by atoms with Crippen LogP contribution in [0.25, 0.3) is 29.0 Å². The minimum atomic E-state index is 1.09. The normalized spacial score (nSPS) is 15.2. The van der Waals surface area contributed by atoms with E-state index in [1.807, 2.05) is 0 Å². The summed E-state index contributed by atoms with van der Waals surface area (Å²) in [6.07, 6.45) is 10.0. The summed E-state index contributed by atoms with van der Waals surface area (Å²) in [5.41, 5.74) is 5.66. The Kier molecular flexibility index (Phi) is 1.20. The van der Waals surface area contributed by atoms with Crippen molar-refractivity contribution in [3.05, 3.63) is 52.6 Å². The van der Waals surface area contributed by atoms with Crippen molar-refractivity contribution in [3.63, 3.8) is 0 Å². The molecule has 0 aliphatic heterocycles. The van der Waals surface area contributed by atoms with Crippen LogP contribution in [0.5, 0.6) is 0 Å². The Balaban J connectivity index is 2.29. The molecule has 0 unspecified atom stereocenters. The number of benzene rings is 2. The fourth-order valence-corrected chi connectivity index (χ4v) is 2.76. The van der Waals surface area contributed by atoms with Gasteiger partial charge in [0.25, 0.3) is 0 Å². The average molecular weight is 190 g/mol. The quantitative estimate of drug-likeness (QED) is 0.504. The molecule has 0 bridgehead atoms. The van der Waals surface area contributed by atoms with E-state index in [0.29, 0.717) is 0 Å². The fourth-order valence-electron chi connectivity index (χ4n) is 2.76. The number of rotatable bonds is 0. The van der Waals surface area contributed by atoms with Crippen molar-refractivity contribution in [2.24, 2.45) is 0 Å². The topological polar surface area (TPSA) is 0 Å². The maximum Gasteiger partial charge on any atom is -0.00355 e. The lowest BCUT2D eigenvalue weighted by Gasteiger charge is -2.08. The second-order valence-electron chi connectivity index (χ2n) is 4.24. The standard InChI is InChI=1S/C15H10/c1-3-10-7-8-12-9-11-4-2-5-13(11)14(6-1)15(10)12/h1-4,6-9H,5H2. The lowest BCUT2D eigenvalue weighted by Crippen LogP contribution is -1.88. The number of fused-ring (bicyclic) bond motifs is 2. The Morgan fingerprint density at radius 2 is 1.80 bits per heavy atom. The molecule has 2 aromatic rings. The smallest absolute Gasteiger partial charge is 0.00355 e. The molecule has 0 saturated heterocycles. The van der Waals surface area contributed by atoms with Crippen molar-refractivity contribution in [2.75, 3.05) is 0 Å². The molecule has 70 valence electrons. The maximum atomic E-state index is 2.31. The molecular weight excluding hydrogens is 180 g/mol. The van der Waals surface area contributed by atoms with Crippen molar-refractivity contribution >= 4 is 29.0 Å². The van der Waals surface area contributed by atoms with Crippen LogP contribution in [0, 0.1) is 0 Å². The van der Waals surface area contributed by atoms with E-state index in [0.717, 1.165) is 6.42 Å². The molecule has 2 aliphatic carbocycles. The summed E-state index contributed by atoms with van der Waals surface area (Å²) in [5.74, 6) is 0. The fraction of sp³-hybridized carbons (Fsp3) is 0.0667. The number of hydrogen-bond acceptors (Lipinski definition) is 0. The zero-order valence-corrected chi connectivity index (χ0v) is 8.33. The molecule has 0 nitrogen and oxygen atoms in total. The summed E-state index contributed by atoms with van der Waals surface area (Å²) in [6, 6.07) is 8.93. The van der Waals surface area contributed by atoms with Crippen molar-refractivity contribution < 1.29 is 0 Å². The second-order valence-corrected chi connectivity index (χ2v) is 4.24. The number of allylic oxidation sites excluding steroid dienone is 1. The van der Waals surface area contributed by atoms with Crippen molar-refractivity contribution in [1.82, 2.24) is 0 Å². The van der Waals surface area contributed by atoms with Gasteiger partial charge in [-0.2, -0.15) is 0 Å². The van der Waals surface area contributed by atoms with E-state index in [4.69, 9.17) is 0 Å². The Morgan fingerprint density at radius 1 is 0.867 bits per heavy atom. The molecule has 0 radical (unpaired) electrons. The van der Waals surface area contributed by atoms with Gasteiger partial charge in [-0.05, 0) is 45.5 Å². The molecule has 0 heteroatoms. The predicted molar refractivity (Wildman–Crippen MR) is 65.6 cm³/mol. The van der Waals surface area contributed by atoms with Crippen LogP contribution in [0.1, 0.15) is 22.3 Å². The molecule has 0 heterocycles. The summed E-state index contributed by atoms with van der Waals surface area (Å²) in [4.78, 5) is 0. The van der Waals surface area contributed by atoms with E-state index in [2.05, 4.69) is 48.6 Å². The van der Waals surface area contributed by atoms with E-state index in [9.17, 15) is 0 Å². The zero-order valence-electron chi connectivity index (χ0n) is 8.33. The predicted octanol–water partition coefficient (Wildman–Crippen LogP) is 3.89. The van der Waals surface area contributed by atoms with Crippen molar-refractivity contribution in [1.29, 1.82) is 0 Å². The summed E-state index contributed by atoms with van der Waals surface area (Å²) in [6.45, 7) is 0. The van der Waals surface area contributed by atoms with E-state index in [1.165, 1.54) is 33.0 Å². The minimum absolute atomic E-state index is 1.09. The zero-order chi connectivity index (χ0) is 9.83. The van der Waals surface area contributed by atoms with Crippen LogP contribution < -0.4 is 0 Å². The van der Waals surface area contributed by atoms with Crippen LogP contribution in [-0.4, -0.2) is 0 Å². The lowest BCUT2D eigenvalue weighted by atomic mass is 9.96. The van der Waals surface area contributed by atoms with Gasteiger partial charge in [-0.3, -0.25) is 0 Å². The Labute approximate surface area is 88.5 Å². The van der Waals surface area contributed by atoms with Gasteiger partial charge in [0.2, 0.25) is 0 Å². The van der Waals surface area contributed by atoms with Gasteiger partial charge >= 0.3 is 0 Å². The third-order valence-electron chi connectivity index (χ3n) is 3.43. The van der Waals surface area contributed by atoms with Crippen molar-refractivity contribution in [3.8, 4) is 0 Å². The van der Waals surface area contributed by atoms with Crippen LogP contribution in [0.4, 0.5) is 0 Å². The molecular formula is C15H10. The summed E-state index contributed by atoms with van der Waals surface area (Å²) < 4.78 is 0. The first-order valence-corrected chi connectivity index (χ1v) is 5.37. The summed E-state index contributed by atoms with van der Waals surface area (Å²) in [7, 11) is 0. The van der Waals surface area contributed by atoms with E-state index < -0.39 is 0 Å². The van der Waals surface area contributed by atoms with Gasteiger partial charge in [0.05, 0.1) is 0 Å². The molecule has 15 heavy (non-hydrogen) atoms. The molecule has 0 aromatic heterocycles. The van der Waals surface area contributed by atoms with Crippen LogP contribution in [0.2, 0.25) is 0 Å². The molecule has 0 saturated carbocycles. The summed E-state index contributed by atoms with van der Waals surface area (Å²) in [5, 5.41) is 2.88. The van der Waals surface area contributed by atoms with Crippen LogP contribution in [0.15, 0.2) is 30.3 Å². The molecule has 2 aromatic carbocycles. The molecule has 0 spiro atoms. The van der Waals surface area contributed by atoms with Gasteiger partial charge in [0, 0.05) is 0 Å². The highest BCUT2D eigenvalue weighted by molar-refractivity contribution is 6.07. The van der Waals surface area contributed by atoms with Gasteiger partial charge in [-0.15, -0.1) is 0 Å². The molecule has 0 N–H and O–H groups in total. The lowest BCUT2D eigenvalue weighted by molar-refractivity contribution is 1.34. The molecule has 0 amide bonds. The van der Waals surface area contributed by atoms with E-state index in [1.54, 1.807) is 0 Å². The summed E-state index contributed by atoms with van der Waals surface area (Å²) >= 11 is 0. The monoisotopic (exact) mass is 190 g/mol. The van der Waals surface area contributed by atoms with Crippen molar-refractivity contribution in [2.45, 2.75) is 6.42 Å². The van der Waals surface area contributed by atoms with Gasteiger partial charge in [-0.25, -0.2) is 0 Å². The van der Waals surface area contributed by atoms with E-state index in [-0.39, 0.29) is 0 Å². The van der Waals surface area contributed by atoms with Gasteiger partial charge in [0.1, 0.15) is 0 Å². The largest absolute Gasteiger partial charge is 0.0795 e. The van der Waals surface area contributed by atoms with Crippen LogP contribution >= 0.6 is 0 Å². The highest BCUT2D eigenvalue weighted by Crippen LogP contribution is 2.37. The SMILES string of the molecule is C1=Cc2cc3c4c(cccc4c2C1)C=C3. The third-order valence-corrected chi connectivity index (χ3v) is 3.43. The Morgan fingerprint density at radius 3 is 2.80 bits per heavy atom. The third kappa shape index (κ3) is 0.822. The molecule has 2 aliphatic rings. The maximum absolute atomic E-state index is 2.31. The van der Waals surface area contributed by atoms with E-state index >= 15 is 0 Å². The molecule has 0 fully saturated rings. The first-order chi connectivity index (χ1) is 7.43. The second kappa shape index (κ2) is 2.40. The average Bonchev–Trinajstić information content (AvgIpc) is 2.87. The Bertz CT molecular complexity index is 643. The Hall–Kier alpha value is -1.82. The molecule has 0 atom stereocenters. The highest BCUT2D eigenvalue weighted by Gasteiger charge is 2.15. The van der Waals surface area contributed by atoms with Crippen LogP contribution in [0.3, 0.4) is 0 Å². The number of hydrogen-bond donors (Lipinski definition) is 0. The van der Waals surface area contributed by atoms with Gasteiger partial charge in [-0.1, -0.05) is 42.5 Å². The van der Waals surface area contributed by atoms with Crippen LogP contribution in [-0.2, 0) is 6.42 Å². The van der Waals surface area contributed by atoms with Gasteiger partial charge in [0.15, 0.2) is 0 Å². The minimum Gasteiger partial charge on any atom is -0.0795 e. The first-order valence-electron chi connectivity index (χ1n) is 5.37.